The minimum atomic E-state index is -0.227. The first kappa shape index (κ1) is 14.2. The van der Waals surface area contributed by atoms with E-state index in [4.69, 9.17) is 11.6 Å². The van der Waals surface area contributed by atoms with Crippen LogP contribution in [0.4, 0.5) is 0 Å². The van der Waals surface area contributed by atoms with E-state index in [-0.39, 0.29) is 16.8 Å². The van der Waals surface area contributed by atoms with Crippen LogP contribution in [0.25, 0.3) is 0 Å². The third-order valence-electron chi connectivity index (χ3n) is 3.54. The van der Waals surface area contributed by atoms with Crippen molar-refractivity contribution in [1.82, 2.24) is 20.2 Å². The van der Waals surface area contributed by atoms with Crippen molar-refractivity contribution in [1.29, 1.82) is 0 Å². The molecule has 5 nitrogen and oxygen atoms in total. The molecule has 1 aliphatic carbocycles. The van der Waals surface area contributed by atoms with Gasteiger partial charge in [-0.3, -0.25) is 9.78 Å². The molecular formula is C13H19ClN4O. The number of amides is 1. The number of hydrogen-bond acceptors (Lipinski definition) is 4. The minimum Gasteiger partial charge on any atom is -0.349 e. The topological polar surface area (TPSA) is 58.1 Å². The van der Waals surface area contributed by atoms with Gasteiger partial charge in [-0.05, 0) is 19.9 Å². The number of nitrogens with zero attached hydrogens (tertiary/aromatic N) is 3. The van der Waals surface area contributed by atoms with Gasteiger partial charge in [0, 0.05) is 19.1 Å². The van der Waals surface area contributed by atoms with Gasteiger partial charge in [0.2, 0.25) is 0 Å². The molecule has 1 N–H and O–H groups in total. The van der Waals surface area contributed by atoms with Crippen LogP contribution in [0.5, 0.6) is 0 Å². The SMILES string of the molecule is CN(CCNC(=O)c1cncc(Cl)n1)C1CCCC1. The van der Waals surface area contributed by atoms with E-state index in [0.29, 0.717) is 12.6 Å². The fraction of sp³-hybridized carbons (Fsp3) is 0.615. The maximum Gasteiger partial charge on any atom is 0.271 e. The molecule has 1 amide bonds. The van der Waals surface area contributed by atoms with Gasteiger partial charge in [0.05, 0.1) is 12.4 Å². The lowest BCUT2D eigenvalue weighted by Gasteiger charge is -2.23. The standard InChI is InChI=1S/C13H19ClN4O/c1-18(10-4-2-3-5-10)7-6-16-13(19)11-8-15-9-12(14)17-11/h8-10H,2-7H2,1H3,(H,16,19). The highest BCUT2D eigenvalue weighted by molar-refractivity contribution is 6.29. The van der Waals surface area contributed by atoms with E-state index in [1.165, 1.54) is 38.1 Å². The van der Waals surface area contributed by atoms with Gasteiger partial charge in [-0.1, -0.05) is 24.4 Å². The Hall–Kier alpha value is -1.20. The van der Waals surface area contributed by atoms with Crippen LogP contribution < -0.4 is 5.32 Å². The summed E-state index contributed by atoms with van der Waals surface area (Å²) in [5.74, 6) is -0.227. The second-order valence-electron chi connectivity index (χ2n) is 4.90. The first-order chi connectivity index (χ1) is 9.16. The summed E-state index contributed by atoms with van der Waals surface area (Å²) >= 11 is 5.70. The summed E-state index contributed by atoms with van der Waals surface area (Å²) in [5, 5.41) is 3.07. The molecule has 104 valence electrons. The summed E-state index contributed by atoms with van der Waals surface area (Å²) in [6, 6.07) is 0.669. The lowest BCUT2D eigenvalue weighted by atomic mass is 10.2. The van der Waals surface area contributed by atoms with E-state index in [9.17, 15) is 4.79 Å². The Morgan fingerprint density at radius 3 is 2.89 bits per heavy atom. The first-order valence-electron chi connectivity index (χ1n) is 6.63. The molecule has 1 aliphatic rings. The van der Waals surface area contributed by atoms with Crippen molar-refractivity contribution in [3.05, 3.63) is 23.2 Å². The number of carbonyl (C=O) groups is 1. The Kier molecular flexibility index (Phi) is 5.10. The molecule has 0 bridgehead atoms. The molecule has 0 atom stereocenters. The predicted molar refractivity (Wildman–Crippen MR) is 74.3 cm³/mol. The van der Waals surface area contributed by atoms with E-state index < -0.39 is 0 Å². The highest BCUT2D eigenvalue weighted by Crippen LogP contribution is 2.21. The van der Waals surface area contributed by atoms with Crippen molar-refractivity contribution >= 4 is 17.5 Å². The van der Waals surface area contributed by atoms with Crippen LogP contribution in [0.2, 0.25) is 5.15 Å². The van der Waals surface area contributed by atoms with Gasteiger partial charge in [0.1, 0.15) is 10.8 Å². The van der Waals surface area contributed by atoms with Crippen molar-refractivity contribution in [2.24, 2.45) is 0 Å². The van der Waals surface area contributed by atoms with E-state index >= 15 is 0 Å². The zero-order valence-corrected chi connectivity index (χ0v) is 11.9. The van der Waals surface area contributed by atoms with Gasteiger partial charge in [0.25, 0.3) is 5.91 Å². The molecule has 1 saturated carbocycles. The predicted octanol–water partition coefficient (Wildman–Crippen LogP) is 1.73. The van der Waals surface area contributed by atoms with Crippen LogP contribution in [0.15, 0.2) is 12.4 Å². The maximum atomic E-state index is 11.8. The lowest BCUT2D eigenvalue weighted by molar-refractivity contribution is 0.0941. The number of aromatic nitrogens is 2. The number of rotatable bonds is 5. The van der Waals surface area contributed by atoms with Gasteiger partial charge in [-0.2, -0.15) is 0 Å². The minimum absolute atomic E-state index is 0.227. The number of hydrogen-bond donors (Lipinski definition) is 1. The Balaban J connectivity index is 1.74. The van der Waals surface area contributed by atoms with Gasteiger partial charge >= 0.3 is 0 Å². The van der Waals surface area contributed by atoms with E-state index in [1.807, 2.05) is 0 Å². The van der Waals surface area contributed by atoms with Crippen LogP contribution in [-0.4, -0.2) is 47.0 Å². The molecule has 0 spiro atoms. The number of nitrogens with one attached hydrogen (secondary N) is 1. The Morgan fingerprint density at radius 2 is 2.21 bits per heavy atom. The van der Waals surface area contributed by atoms with Crippen molar-refractivity contribution in [3.63, 3.8) is 0 Å². The van der Waals surface area contributed by atoms with Crippen molar-refractivity contribution in [2.75, 3.05) is 20.1 Å². The molecule has 6 heteroatoms. The Labute approximate surface area is 118 Å². The highest BCUT2D eigenvalue weighted by Gasteiger charge is 2.19. The molecule has 1 fully saturated rings. The molecule has 2 rings (SSSR count). The molecule has 0 radical (unpaired) electrons. The molecule has 19 heavy (non-hydrogen) atoms. The fourth-order valence-electron chi connectivity index (χ4n) is 2.42. The third kappa shape index (κ3) is 4.14. The highest BCUT2D eigenvalue weighted by atomic mass is 35.5. The quantitative estimate of drug-likeness (QED) is 0.894. The summed E-state index contributed by atoms with van der Waals surface area (Å²) < 4.78 is 0. The molecule has 1 aromatic heterocycles. The molecule has 0 aliphatic heterocycles. The van der Waals surface area contributed by atoms with Gasteiger partial charge in [0.15, 0.2) is 0 Å². The second-order valence-corrected chi connectivity index (χ2v) is 5.29. The Morgan fingerprint density at radius 1 is 1.47 bits per heavy atom. The van der Waals surface area contributed by atoms with Gasteiger partial charge in [-0.25, -0.2) is 4.98 Å². The van der Waals surface area contributed by atoms with Crippen LogP contribution in [0, 0.1) is 0 Å². The second kappa shape index (κ2) is 6.82. The van der Waals surface area contributed by atoms with Crippen LogP contribution >= 0.6 is 11.6 Å². The van der Waals surface area contributed by atoms with Crippen LogP contribution in [0.1, 0.15) is 36.2 Å². The fourth-order valence-corrected chi connectivity index (χ4v) is 2.56. The normalized spacial score (nSPS) is 15.9. The van der Waals surface area contributed by atoms with E-state index in [0.717, 1.165) is 6.54 Å². The van der Waals surface area contributed by atoms with E-state index in [2.05, 4.69) is 27.2 Å². The summed E-state index contributed by atoms with van der Waals surface area (Å²) in [7, 11) is 2.11. The molecule has 0 unspecified atom stereocenters. The maximum absolute atomic E-state index is 11.8. The molecular weight excluding hydrogens is 264 g/mol. The summed E-state index contributed by atoms with van der Waals surface area (Å²) in [6.07, 6.45) is 8.00. The zero-order valence-electron chi connectivity index (χ0n) is 11.1. The van der Waals surface area contributed by atoms with Crippen LogP contribution in [-0.2, 0) is 0 Å². The van der Waals surface area contributed by atoms with Crippen molar-refractivity contribution < 1.29 is 4.79 Å². The van der Waals surface area contributed by atoms with Gasteiger partial charge in [-0.15, -0.1) is 0 Å². The van der Waals surface area contributed by atoms with Gasteiger partial charge < -0.3 is 10.2 Å². The first-order valence-corrected chi connectivity index (χ1v) is 7.00. The van der Waals surface area contributed by atoms with Crippen molar-refractivity contribution in [2.45, 2.75) is 31.7 Å². The molecule has 0 saturated heterocycles. The van der Waals surface area contributed by atoms with Crippen molar-refractivity contribution in [3.8, 4) is 0 Å². The zero-order chi connectivity index (χ0) is 13.7. The molecule has 1 heterocycles. The smallest absolute Gasteiger partial charge is 0.271 e. The number of halogens is 1. The molecule has 1 aromatic rings. The molecule has 0 aromatic carbocycles. The Bertz CT molecular complexity index is 434. The largest absolute Gasteiger partial charge is 0.349 e. The lowest BCUT2D eigenvalue weighted by Crippen LogP contribution is -2.37. The van der Waals surface area contributed by atoms with E-state index in [1.54, 1.807) is 0 Å². The average molecular weight is 283 g/mol. The average Bonchev–Trinajstić information content (AvgIpc) is 2.92. The van der Waals surface area contributed by atoms with Crippen LogP contribution in [0.3, 0.4) is 0 Å². The summed E-state index contributed by atoms with van der Waals surface area (Å²) in [6.45, 7) is 1.46. The summed E-state index contributed by atoms with van der Waals surface area (Å²) in [5.41, 5.74) is 0.260. The third-order valence-corrected chi connectivity index (χ3v) is 3.72. The number of likely N-dealkylation sites (N-methyl/N-ethyl adjacent to an activating group) is 1. The number of carbonyl (C=O) groups excluding carboxylic acids is 1. The summed E-state index contributed by atoms with van der Waals surface area (Å²) in [4.78, 5) is 21.9. The monoisotopic (exact) mass is 282 g/mol.